The monoisotopic (exact) mass is 348 g/mol. The number of amides is 2. The summed E-state index contributed by atoms with van der Waals surface area (Å²) < 4.78 is 10.5. The van der Waals surface area contributed by atoms with E-state index in [0.717, 1.165) is 6.42 Å². The van der Waals surface area contributed by atoms with E-state index in [1.165, 1.54) is 0 Å². The van der Waals surface area contributed by atoms with Crippen molar-refractivity contribution < 1.29 is 19.1 Å². The van der Waals surface area contributed by atoms with Gasteiger partial charge in [0, 0.05) is 38.2 Å². The Labute approximate surface area is 149 Å². The highest BCUT2D eigenvalue weighted by atomic mass is 16.5. The van der Waals surface area contributed by atoms with Crippen LogP contribution in [0.15, 0.2) is 18.2 Å². The molecule has 0 aromatic heterocycles. The summed E-state index contributed by atoms with van der Waals surface area (Å²) in [4.78, 5) is 28.5. The Balaban J connectivity index is 1.94. The second kappa shape index (κ2) is 8.74. The normalized spacial score (nSPS) is 14.6. The molecular formula is C19H28N2O4. The number of ether oxygens (including phenoxy) is 2. The molecule has 0 saturated carbocycles. The number of carbonyl (C=O) groups excluding carboxylic acids is 2. The van der Waals surface area contributed by atoms with E-state index >= 15 is 0 Å². The summed E-state index contributed by atoms with van der Waals surface area (Å²) in [6.07, 6.45) is 1.49. The van der Waals surface area contributed by atoms with E-state index in [4.69, 9.17) is 9.47 Å². The van der Waals surface area contributed by atoms with Crippen molar-refractivity contribution in [2.24, 2.45) is 5.92 Å². The third-order valence-corrected chi connectivity index (χ3v) is 4.49. The van der Waals surface area contributed by atoms with Gasteiger partial charge in [-0.25, -0.2) is 0 Å². The number of hydrogen-bond donors (Lipinski definition) is 0. The lowest BCUT2D eigenvalue weighted by molar-refractivity contribution is -0.132. The van der Waals surface area contributed by atoms with Crippen LogP contribution in [-0.4, -0.2) is 62.0 Å². The molecular weight excluding hydrogens is 320 g/mol. The quantitative estimate of drug-likeness (QED) is 0.792. The van der Waals surface area contributed by atoms with Gasteiger partial charge in [-0.15, -0.1) is 0 Å². The first kappa shape index (κ1) is 19.1. The van der Waals surface area contributed by atoms with Gasteiger partial charge in [-0.1, -0.05) is 13.8 Å². The maximum atomic E-state index is 12.7. The van der Waals surface area contributed by atoms with Gasteiger partial charge in [0.05, 0.1) is 14.2 Å². The summed E-state index contributed by atoms with van der Waals surface area (Å²) in [5.74, 6) is 1.80. The summed E-state index contributed by atoms with van der Waals surface area (Å²) in [6.45, 7) is 6.53. The molecule has 0 unspecified atom stereocenters. The summed E-state index contributed by atoms with van der Waals surface area (Å²) in [6, 6.07) is 5.17. The predicted molar refractivity (Wildman–Crippen MR) is 96.1 cm³/mol. The highest BCUT2D eigenvalue weighted by Gasteiger charge is 2.25. The first-order valence-electron chi connectivity index (χ1n) is 8.75. The zero-order valence-electron chi connectivity index (χ0n) is 15.6. The van der Waals surface area contributed by atoms with Gasteiger partial charge in [0.1, 0.15) is 0 Å². The van der Waals surface area contributed by atoms with Crippen LogP contribution in [0.4, 0.5) is 0 Å². The Hall–Kier alpha value is -2.24. The van der Waals surface area contributed by atoms with Gasteiger partial charge in [0.2, 0.25) is 5.91 Å². The molecule has 6 nitrogen and oxygen atoms in total. The average Bonchev–Trinajstić information content (AvgIpc) is 2.64. The molecule has 2 amide bonds. The third kappa shape index (κ3) is 4.87. The van der Waals surface area contributed by atoms with Gasteiger partial charge in [0.15, 0.2) is 11.5 Å². The molecule has 1 aliphatic heterocycles. The number of hydrogen-bond acceptors (Lipinski definition) is 4. The molecule has 1 fully saturated rings. The Morgan fingerprint density at radius 2 is 1.60 bits per heavy atom. The van der Waals surface area contributed by atoms with E-state index in [1.54, 1.807) is 37.3 Å². The van der Waals surface area contributed by atoms with Crippen LogP contribution in [0.1, 0.15) is 37.0 Å². The van der Waals surface area contributed by atoms with Crippen LogP contribution in [0.2, 0.25) is 0 Å². The predicted octanol–water partition coefficient (Wildman–Crippen LogP) is 2.42. The summed E-state index contributed by atoms with van der Waals surface area (Å²) in [5, 5.41) is 0. The van der Waals surface area contributed by atoms with Crippen molar-refractivity contribution in [3.05, 3.63) is 23.8 Å². The van der Waals surface area contributed by atoms with Gasteiger partial charge in [-0.3, -0.25) is 9.59 Å². The molecule has 1 aromatic carbocycles. The van der Waals surface area contributed by atoms with Crippen LogP contribution < -0.4 is 9.47 Å². The lowest BCUT2D eigenvalue weighted by atomic mass is 10.1. The topological polar surface area (TPSA) is 59.1 Å². The van der Waals surface area contributed by atoms with Crippen molar-refractivity contribution in [1.82, 2.24) is 9.80 Å². The fourth-order valence-corrected chi connectivity index (χ4v) is 2.88. The van der Waals surface area contributed by atoms with E-state index < -0.39 is 0 Å². The zero-order chi connectivity index (χ0) is 18.4. The number of carbonyl (C=O) groups is 2. The average molecular weight is 348 g/mol. The van der Waals surface area contributed by atoms with Gasteiger partial charge in [0.25, 0.3) is 5.91 Å². The van der Waals surface area contributed by atoms with Gasteiger partial charge < -0.3 is 19.3 Å². The van der Waals surface area contributed by atoms with Crippen molar-refractivity contribution in [1.29, 1.82) is 0 Å². The van der Waals surface area contributed by atoms with Crippen LogP contribution in [0.3, 0.4) is 0 Å². The number of rotatable bonds is 6. The maximum Gasteiger partial charge on any atom is 0.254 e. The molecule has 0 N–H and O–H groups in total. The Morgan fingerprint density at radius 1 is 1.00 bits per heavy atom. The van der Waals surface area contributed by atoms with Crippen molar-refractivity contribution >= 4 is 11.8 Å². The summed E-state index contributed by atoms with van der Waals surface area (Å²) in [5.41, 5.74) is 0.567. The minimum absolute atomic E-state index is 0.0461. The van der Waals surface area contributed by atoms with Crippen molar-refractivity contribution in [3.63, 3.8) is 0 Å². The largest absolute Gasteiger partial charge is 0.493 e. The molecule has 1 aromatic rings. The number of methoxy groups -OCH3 is 2. The second-order valence-electron chi connectivity index (χ2n) is 6.68. The van der Waals surface area contributed by atoms with Crippen LogP contribution in [0, 0.1) is 5.92 Å². The molecule has 0 atom stereocenters. The molecule has 0 aliphatic carbocycles. The van der Waals surface area contributed by atoms with Crippen LogP contribution >= 0.6 is 0 Å². The standard InChI is InChI=1S/C19H28N2O4/c1-14(2)5-8-18(22)20-9-11-21(12-10-20)19(23)15-6-7-16(24-3)17(13-15)25-4/h6-7,13-14H,5,8-12H2,1-4H3. The van der Waals surface area contributed by atoms with E-state index in [2.05, 4.69) is 13.8 Å². The molecule has 0 radical (unpaired) electrons. The number of nitrogens with zero attached hydrogens (tertiary/aromatic N) is 2. The van der Waals surface area contributed by atoms with Crippen LogP contribution in [0.5, 0.6) is 11.5 Å². The minimum atomic E-state index is -0.0461. The number of benzene rings is 1. The van der Waals surface area contributed by atoms with Gasteiger partial charge in [-0.2, -0.15) is 0 Å². The molecule has 6 heteroatoms. The fraction of sp³-hybridized carbons (Fsp3) is 0.579. The molecule has 25 heavy (non-hydrogen) atoms. The molecule has 2 rings (SSSR count). The fourth-order valence-electron chi connectivity index (χ4n) is 2.88. The number of piperazine rings is 1. The minimum Gasteiger partial charge on any atom is -0.493 e. The third-order valence-electron chi connectivity index (χ3n) is 4.49. The Kier molecular flexibility index (Phi) is 6.67. The second-order valence-corrected chi connectivity index (χ2v) is 6.68. The Bertz CT molecular complexity index is 607. The highest BCUT2D eigenvalue weighted by Crippen LogP contribution is 2.28. The van der Waals surface area contributed by atoms with E-state index in [-0.39, 0.29) is 11.8 Å². The summed E-state index contributed by atoms with van der Waals surface area (Å²) >= 11 is 0. The van der Waals surface area contributed by atoms with Gasteiger partial charge >= 0.3 is 0 Å². The van der Waals surface area contributed by atoms with Crippen molar-refractivity contribution in [3.8, 4) is 11.5 Å². The molecule has 138 valence electrons. The van der Waals surface area contributed by atoms with Crippen LogP contribution in [0.25, 0.3) is 0 Å². The van der Waals surface area contributed by atoms with Crippen LogP contribution in [-0.2, 0) is 4.79 Å². The smallest absolute Gasteiger partial charge is 0.254 e. The molecule has 0 bridgehead atoms. The SMILES string of the molecule is COc1ccc(C(=O)N2CCN(C(=O)CCC(C)C)CC2)cc1OC. The highest BCUT2D eigenvalue weighted by molar-refractivity contribution is 5.95. The first-order valence-corrected chi connectivity index (χ1v) is 8.75. The van der Waals surface area contributed by atoms with E-state index in [0.29, 0.717) is 55.6 Å². The lowest BCUT2D eigenvalue weighted by Crippen LogP contribution is -2.50. The maximum absolute atomic E-state index is 12.7. The Morgan fingerprint density at radius 3 is 2.16 bits per heavy atom. The summed E-state index contributed by atoms with van der Waals surface area (Å²) in [7, 11) is 3.11. The first-order chi connectivity index (χ1) is 12.0. The van der Waals surface area contributed by atoms with Crippen molar-refractivity contribution in [2.45, 2.75) is 26.7 Å². The van der Waals surface area contributed by atoms with Crippen molar-refractivity contribution in [2.75, 3.05) is 40.4 Å². The molecule has 0 spiro atoms. The molecule has 1 saturated heterocycles. The van der Waals surface area contributed by atoms with E-state index in [9.17, 15) is 9.59 Å². The molecule has 1 heterocycles. The van der Waals surface area contributed by atoms with E-state index in [1.807, 2.05) is 4.90 Å². The molecule has 1 aliphatic rings. The lowest BCUT2D eigenvalue weighted by Gasteiger charge is -2.35. The zero-order valence-corrected chi connectivity index (χ0v) is 15.6. The van der Waals surface area contributed by atoms with Gasteiger partial charge in [-0.05, 0) is 30.5 Å².